The van der Waals surface area contributed by atoms with Gasteiger partial charge < -0.3 is 14.5 Å². The monoisotopic (exact) mass is 438 g/mol. The number of anilines is 2. The second-order valence-corrected chi connectivity index (χ2v) is 8.42. The third kappa shape index (κ3) is 4.44. The molecule has 0 aliphatic rings. The molecule has 0 spiro atoms. The highest BCUT2D eigenvalue weighted by Gasteiger charge is 2.28. The lowest BCUT2D eigenvalue weighted by Crippen LogP contribution is -2.05. The predicted octanol–water partition coefficient (Wildman–Crippen LogP) is 5.46. The van der Waals surface area contributed by atoms with E-state index in [1.54, 1.807) is 42.5 Å². The summed E-state index contributed by atoms with van der Waals surface area (Å²) in [6.07, 6.45) is 0. The molecule has 0 aliphatic carbocycles. The van der Waals surface area contributed by atoms with Crippen LogP contribution in [-0.2, 0) is 9.84 Å². The molecule has 1 heterocycles. The maximum atomic E-state index is 13.3. The van der Waals surface area contributed by atoms with Crippen LogP contribution in [0, 0.1) is 5.82 Å². The van der Waals surface area contributed by atoms with Crippen LogP contribution in [0.1, 0.15) is 6.92 Å². The summed E-state index contributed by atoms with van der Waals surface area (Å²) in [4.78, 5) is 4.37. The van der Waals surface area contributed by atoms with Gasteiger partial charge in [-0.25, -0.2) is 12.8 Å². The smallest absolute Gasteiger partial charge is 0.238 e. The first-order valence-electron chi connectivity index (χ1n) is 9.54. The molecule has 4 rings (SSSR count). The van der Waals surface area contributed by atoms with Crippen LogP contribution in [0.2, 0.25) is 0 Å². The van der Waals surface area contributed by atoms with E-state index in [2.05, 4.69) is 10.3 Å². The number of nitrogens with one attached hydrogen (secondary N) is 1. The number of halogens is 1. The first-order valence-corrected chi connectivity index (χ1v) is 11.0. The summed E-state index contributed by atoms with van der Waals surface area (Å²) in [5, 5.41) is 2.64. The molecule has 31 heavy (non-hydrogen) atoms. The van der Waals surface area contributed by atoms with Gasteiger partial charge in [0, 0.05) is 11.3 Å². The second-order valence-electron chi connectivity index (χ2n) is 6.56. The number of oxazole rings is 1. The topological polar surface area (TPSA) is 81.4 Å². The molecule has 0 atom stereocenters. The van der Waals surface area contributed by atoms with Crippen LogP contribution in [0.3, 0.4) is 0 Å². The van der Waals surface area contributed by atoms with E-state index in [4.69, 9.17) is 9.15 Å². The third-order valence-corrected chi connectivity index (χ3v) is 6.10. The van der Waals surface area contributed by atoms with Gasteiger partial charge >= 0.3 is 0 Å². The molecule has 0 unspecified atom stereocenters. The molecule has 0 saturated carbocycles. The van der Waals surface area contributed by atoms with E-state index in [1.807, 2.05) is 6.92 Å². The molecule has 158 valence electrons. The van der Waals surface area contributed by atoms with Crippen LogP contribution in [0.25, 0.3) is 11.5 Å². The Balaban J connectivity index is 1.79. The van der Waals surface area contributed by atoms with Crippen LogP contribution in [0.5, 0.6) is 5.75 Å². The third-order valence-electron chi connectivity index (χ3n) is 4.42. The summed E-state index contributed by atoms with van der Waals surface area (Å²) in [6, 6.07) is 20.4. The Morgan fingerprint density at radius 1 is 0.968 bits per heavy atom. The quantitative estimate of drug-likeness (QED) is 0.413. The van der Waals surface area contributed by atoms with E-state index in [-0.39, 0.29) is 21.7 Å². The number of ether oxygens (including phenoxy) is 1. The summed E-state index contributed by atoms with van der Waals surface area (Å²) in [7, 11) is -3.97. The Kier molecular flexibility index (Phi) is 5.73. The Labute approximate surface area is 179 Å². The molecule has 0 saturated heterocycles. The Bertz CT molecular complexity index is 1270. The summed E-state index contributed by atoms with van der Waals surface area (Å²) in [6.45, 7) is 2.42. The zero-order valence-corrected chi connectivity index (χ0v) is 17.4. The molecular weight excluding hydrogens is 419 g/mol. The van der Waals surface area contributed by atoms with Crippen molar-refractivity contribution in [3.05, 3.63) is 84.7 Å². The fourth-order valence-electron chi connectivity index (χ4n) is 2.93. The summed E-state index contributed by atoms with van der Waals surface area (Å²) >= 11 is 0. The van der Waals surface area contributed by atoms with Crippen molar-refractivity contribution in [3.63, 3.8) is 0 Å². The van der Waals surface area contributed by atoms with Crippen LogP contribution in [0.4, 0.5) is 16.0 Å². The van der Waals surface area contributed by atoms with Gasteiger partial charge in [0.15, 0.2) is 0 Å². The fraction of sp³-hybridized carbons (Fsp3) is 0.0870. The Hall–Kier alpha value is -3.65. The SMILES string of the molecule is CCOc1ccc(-c2nc(S(=O)(=O)c3ccccc3)c(Nc3ccc(F)cc3)o2)cc1. The van der Waals surface area contributed by atoms with Gasteiger partial charge in [0.2, 0.25) is 26.6 Å². The molecule has 0 bridgehead atoms. The van der Waals surface area contributed by atoms with Crippen molar-refractivity contribution in [1.82, 2.24) is 4.98 Å². The highest BCUT2D eigenvalue weighted by molar-refractivity contribution is 7.91. The van der Waals surface area contributed by atoms with Gasteiger partial charge in [0.25, 0.3) is 0 Å². The molecule has 8 heteroatoms. The van der Waals surface area contributed by atoms with Crippen LogP contribution in [0.15, 0.2) is 93.2 Å². The minimum atomic E-state index is -3.97. The molecule has 0 fully saturated rings. The zero-order valence-electron chi connectivity index (χ0n) is 16.6. The van der Waals surface area contributed by atoms with Crippen LogP contribution >= 0.6 is 0 Å². The van der Waals surface area contributed by atoms with Gasteiger partial charge in [-0.05, 0) is 67.6 Å². The number of hydrogen-bond donors (Lipinski definition) is 1. The Morgan fingerprint density at radius 3 is 2.29 bits per heavy atom. The van der Waals surface area contributed by atoms with Gasteiger partial charge in [-0.1, -0.05) is 18.2 Å². The van der Waals surface area contributed by atoms with Crippen molar-refractivity contribution in [2.24, 2.45) is 0 Å². The lowest BCUT2D eigenvalue weighted by atomic mass is 10.2. The van der Waals surface area contributed by atoms with Gasteiger partial charge in [0.1, 0.15) is 11.6 Å². The summed E-state index contributed by atoms with van der Waals surface area (Å²) in [5.74, 6) is 0.344. The molecule has 0 amide bonds. The molecular formula is C23H19FN2O4S. The van der Waals surface area contributed by atoms with Crippen molar-refractivity contribution in [2.45, 2.75) is 16.8 Å². The highest BCUT2D eigenvalue weighted by Crippen LogP contribution is 2.34. The second kappa shape index (κ2) is 8.61. The van der Waals surface area contributed by atoms with E-state index < -0.39 is 15.7 Å². The van der Waals surface area contributed by atoms with Crippen LogP contribution in [-0.4, -0.2) is 20.0 Å². The van der Waals surface area contributed by atoms with E-state index in [9.17, 15) is 12.8 Å². The molecule has 1 N–H and O–H groups in total. The lowest BCUT2D eigenvalue weighted by Gasteiger charge is -2.06. The van der Waals surface area contributed by atoms with Crippen LogP contribution < -0.4 is 10.1 Å². The summed E-state index contributed by atoms with van der Waals surface area (Å²) in [5.41, 5.74) is 1.04. The lowest BCUT2D eigenvalue weighted by molar-refractivity contribution is 0.340. The average Bonchev–Trinajstić information content (AvgIpc) is 3.21. The highest BCUT2D eigenvalue weighted by atomic mass is 32.2. The van der Waals surface area contributed by atoms with Crippen molar-refractivity contribution in [1.29, 1.82) is 0 Å². The van der Waals surface area contributed by atoms with Gasteiger partial charge in [-0.2, -0.15) is 4.98 Å². The number of sulfone groups is 1. The predicted molar refractivity (Wildman–Crippen MR) is 115 cm³/mol. The van der Waals surface area contributed by atoms with Gasteiger partial charge in [-0.15, -0.1) is 0 Å². The number of nitrogens with zero attached hydrogens (tertiary/aromatic N) is 1. The number of rotatable bonds is 7. The normalized spacial score (nSPS) is 11.3. The molecule has 0 radical (unpaired) electrons. The molecule has 4 aromatic rings. The first kappa shape index (κ1) is 20.6. The number of benzene rings is 3. The van der Waals surface area contributed by atoms with Crippen molar-refractivity contribution in [2.75, 3.05) is 11.9 Å². The maximum absolute atomic E-state index is 13.3. The minimum Gasteiger partial charge on any atom is -0.494 e. The van der Waals surface area contributed by atoms with Crippen molar-refractivity contribution >= 4 is 21.4 Å². The maximum Gasteiger partial charge on any atom is 0.238 e. The Morgan fingerprint density at radius 2 is 1.65 bits per heavy atom. The van der Waals surface area contributed by atoms with E-state index >= 15 is 0 Å². The zero-order chi connectivity index (χ0) is 21.8. The van der Waals surface area contributed by atoms with E-state index in [1.165, 1.54) is 36.4 Å². The largest absolute Gasteiger partial charge is 0.494 e. The molecule has 6 nitrogen and oxygen atoms in total. The van der Waals surface area contributed by atoms with Crippen molar-refractivity contribution in [3.8, 4) is 17.2 Å². The first-order chi connectivity index (χ1) is 15.0. The fourth-order valence-corrected chi connectivity index (χ4v) is 4.21. The summed E-state index contributed by atoms with van der Waals surface area (Å²) < 4.78 is 51.0. The molecule has 1 aromatic heterocycles. The minimum absolute atomic E-state index is 0.0562. The van der Waals surface area contributed by atoms with E-state index in [0.29, 0.717) is 23.6 Å². The number of aromatic nitrogens is 1. The molecule has 3 aromatic carbocycles. The van der Waals surface area contributed by atoms with Gasteiger partial charge in [0.05, 0.1) is 11.5 Å². The number of hydrogen-bond acceptors (Lipinski definition) is 6. The van der Waals surface area contributed by atoms with E-state index in [0.717, 1.165) is 0 Å². The van der Waals surface area contributed by atoms with Gasteiger partial charge in [-0.3, -0.25) is 0 Å². The average molecular weight is 438 g/mol. The standard InChI is InChI=1S/C23H19FN2O4S/c1-2-29-19-14-8-16(9-15-19)21-26-23(31(27,28)20-6-4-3-5-7-20)22(30-21)25-18-12-10-17(24)11-13-18/h3-15,25H,2H2,1H3. The van der Waals surface area contributed by atoms with Crippen molar-refractivity contribution < 1.29 is 22.0 Å². The molecule has 0 aliphatic heterocycles.